The van der Waals surface area contributed by atoms with Crippen LogP contribution in [-0.4, -0.2) is 53.9 Å². The summed E-state index contributed by atoms with van der Waals surface area (Å²) in [4.78, 5) is 38.1. The van der Waals surface area contributed by atoms with Crippen LogP contribution in [0.1, 0.15) is 31.1 Å². The summed E-state index contributed by atoms with van der Waals surface area (Å²) in [6.07, 6.45) is 1.87. The topological polar surface area (TPSA) is 89.9 Å². The Bertz CT molecular complexity index is 1160. The van der Waals surface area contributed by atoms with Gasteiger partial charge in [-0.25, -0.2) is 0 Å². The van der Waals surface area contributed by atoms with Crippen molar-refractivity contribution in [3.05, 3.63) is 54.2 Å². The molecule has 0 fully saturated rings. The highest BCUT2D eigenvalue weighted by molar-refractivity contribution is 5.96. The number of ketones is 1. The van der Waals surface area contributed by atoms with Crippen molar-refractivity contribution >= 4 is 34.2 Å². The molecule has 174 valence electrons. The van der Waals surface area contributed by atoms with Crippen molar-refractivity contribution in [2.24, 2.45) is 0 Å². The average molecular weight is 452 g/mol. The third-order valence-corrected chi connectivity index (χ3v) is 5.41. The van der Waals surface area contributed by atoms with Crippen molar-refractivity contribution in [1.29, 1.82) is 0 Å². The first-order chi connectivity index (χ1) is 15.9. The largest absolute Gasteiger partial charge is 0.493 e. The minimum atomic E-state index is -0.330. The van der Waals surface area contributed by atoms with Crippen LogP contribution in [0.3, 0.4) is 0 Å². The molecule has 0 radical (unpaired) electrons. The van der Waals surface area contributed by atoms with Gasteiger partial charge in [-0.1, -0.05) is 0 Å². The first-order valence-electron chi connectivity index (χ1n) is 10.8. The molecule has 33 heavy (non-hydrogen) atoms. The molecule has 0 saturated heterocycles. The predicted octanol–water partition coefficient (Wildman–Crippen LogP) is 3.74. The SMILES string of the molecule is CCN(CC)C(=O)Cn1ccc2cc(NC(=O)COc3ccc(C(C)=O)cc3OC)ccc21. The Morgan fingerprint density at radius 1 is 1.00 bits per heavy atom. The molecule has 2 aromatic carbocycles. The monoisotopic (exact) mass is 451 g/mol. The molecule has 1 N–H and O–H groups in total. The number of nitrogens with one attached hydrogen (secondary N) is 1. The van der Waals surface area contributed by atoms with Crippen LogP contribution in [-0.2, 0) is 16.1 Å². The maximum atomic E-state index is 12.4. The van der Waals surface area contributed by atoms with Gasteiger partial charge in [0.1, 0.15) is 6.54 Å². The quantitative estimate of drug-likeness (QED) is 0.474. The zero-order valence-corrected chi connectivity index (χ0v) is 19.4. The highest BCUT2D eigenvalue weighted by Gasteiger charge is 2.13. The van der Waals surface area contributed by atoms with Gasteiger partial charge in [-0.3, -0.25) is 14.4 Å². The van der Waals surface area contributed by atoms with Gasteiger partial charge < -0.3 is 24.3 Å². The molecule has 0 aliphatic rings. The number of hydrogen-bond acceptors (Lipinski definition) is 5. The second kappa shape index (κ2) is 10.7. The number of hydrogen-bond donors (Lipinski definition) is 1. The van der Waals surface area contributed by atoms with Gasteiger partial charge in [0.2, 0.25) is 5.91 Å². The molecular weight excluding hydrogens is 422 g/mol. The Morgan fingerprint density at radius 3 is 2.42 bits per heavy atom. The third kappa shape index (κ3) is 5.71. The molecule has 2 amide bonds. The summed E-state index contributed by atoms with van der Waals surface area (Å²) in [5, 5.41) is 3.73. The first kappa shape index (κ1) is 23.8. The highest BCUT2D eigenvalue weighted by atomic mass is 16.5. The van der Waals surface area contributed by atoms with Gasteiger partial charge >= 0.3 is 0 Å². The van der Waals surface area contributed by atoms with Gasteiger partial charge in [0, 0.05) is 41.4 Å². The summed E-state index contributed by atoms with van der Waals surface area (Å²) in [5.74, 6) is 0.418. The van der Waals surface area contributed by atoms with Crippen LogP contribution in [0.2, 0.25) is 0 Å². The number of ether oxygens (including phenoxy) is 2. The molecule has 0 aliphatic heterocycles. The van der Waals surface area contributed by atoms with E-state index < -0.39 is 0 Å². The van der Waals surface area contributed by atoms with Crippen LogP contribution >= 0.6 is 0 Å². The van der Waals surface area contributed by atoms with Crippen LogP contribution in [0.25, 0.3) is 10.9 Å². The van der Waals surface area contributed by atoms with Crippen molar-refractivity contribution in [2.45, 2.75) is 27.3 Å². The van der Waals surface area contributed by atoms with Crippen LogP contribution < -0.4 is 14.8 Å². The Hall–Kier alpha value is -3.81. The molecule has 0 unspecified atom stereocenters. The van der Waals surface area contributed by atoms with Gasteiger partial charge in [-0.05, 0) is 63.2 Å². The van der Waals surface area contributed by atoms with Crippen LogP contribution in [0.5, 0.6) is 11.5 Å². The number of likely N-dealkylation sites (N-methyl/N-ethyl adjacent to an activating group) is 1. The number of amides is 2. The van der Waals surface area contributed by atoms with E-state index in [1.54, 1.807) is 29.2 Å². The van der Waals surface area contributed by atoms with E-state index in [1.807, 2.05) is 42.8 Å². The molecule has 3 aromatic rings. The lowest BCUT2D eigenvalue weighted by Gasteiger charge is -2.19. The number of methoxy groups -OCH3 is 1. The molecular formula is C25H29N3O5. The fourth-order valence-electron chi connectivity index (χ4n) is 3.58. The van der Waals surface area contributed by atoms with Gasteiger partial charge in [-0.2, -0.15) is 0 Å². The Kier molecular flexibility index (Phi) is 7.71. The molecule has 8 heteroatoms. The standard InChI is InChI=1S/C25H29N3O5/c1-5-27(6-2)25(31)15-28-12-11-19-13-20(8-9-21(19)28)26-24(30)16-33-22-10-7-18(17(3)29)14-23(22)32-4/h7-14H,5-6,15-16H2,1-4H3,(H,26,30). The normalized spacial score (nSPS) is 10.7. The number of fused-ring (bicyclic) bond motifs is 1. The molecule has 1 aromatic heterocycles. The molecule has 0 atom stereocenters. The third-order valence-electron chi connectivity index (χ3n) is 5.41. The Balaban J connectivity index is 1.63. The van der Waals surface area contributed by atoms with Crippen LogP contribution in [0.4, 0.5) is 5.69 Å². The minimum absolute atomic E-state index is 0.0683. The van der Waals surface area contributed by atoms with Gasteiger partial charge in [0.15, 0.2) is 23.9 Å². The molecule has 8 nitrogen and oxygen atoms in total. The Morgan fingerprint density at radius 2 is 1.76 bits per heavy atom. The number of carbonyl (C=O) groups excluding carboxylic acids is 3. The van der Waals surface area contributed by atoms with E-state index in [1.165, 1.54) is 14.0 Å². The molecule has 0 saturated carbocycles. The summed E-state index contributed by atoms with van der Waals surface area (Å²) in [5.41, 5.74) is 2.05. The van der Waals surface area contributed by atoms with Crippen molar-refractivity contribution in [3.63, 3.8) is 0 Å². The van der Waals surface area contributed by atoms with Crippen molar-refractivity contribution in [3.8, 4) is 11.5 Å². The van der Waals surface area contributed by atoms with E-state index >= 15 is 0 Å². The number of benzene rings is 2. The zero-order valence-electron chi connectivity index (χ0n) is 19.4. The van der Waals surface area contributed by atoms with Crippen LogP contribution in [0.15, 0.2) is 48.7 Å². The number of nitrogens with zero attached hydrogens (tertiary/aromatic N) is 2. The lowest BCUT2D eigenvalue weighted by atomic mass is 10.1. The van der Waals surface area contributed by atoms with Crippen molar-refractivity contribution in [2.75, 3.05) is 32.1 Å². The van der Waals surface area contributed by atoms with Crippen LogP contribution in [0, 0.1) is 0 Å². The van der Waals surface area contributed by atoms with Crippen molar-refractivity contribution in [1.82, 2.24) is 9.47 Å². The second-order valence-corrected chi connectivity index (χ2v) is 7.54. The van der Waals surface area contributed by atoms with Gasteiger partial charge in [0.25, 0.3) is 5.91 Å². The molecule has 3 rings (SSSR count). The molecule has 0 bridgehead atoms. The molecule has 0 spiro atoms. The number of rotatable bonds is 10. The summed E-state index contributed by atoms with van der Waals surface area (Å²) in [6.45, 7) is 6.81. The summed E-state index contributed by atoms with van der Waals surface area (Å²) < 4.78 is 12.7. The number of Topliss-reactive ketones (excluding diaryl/α,β-unsaturated/α-hetero) is 1. The second-order valence-electron chi connectivity index (χ2n) is 7.54. The van der Waals surface area contributed by atoms with E-state index in [0.29, 0.717) is 35.8 Å². The predicted molar refractivity (Wildman–Crippen MR) is 127 cm³/mol. The lowest BCUT2D eigenvalue weighted by Crippen LogP contribution is -2.33. The molecule has 1 heterocycles. The first-order valence-corrected chi connectivity index (χ1v) is 10.8. The van der Waals surface area contributed by atoms with E-state index in [0.717, 1.165) is 10.9 Å². The molecule has 0 aliphatic carbocycles. The van der Waals surface area contributed by atoms with Gasteiger partial charge in [0.05, 0.1) is 7.11 Å². The number of carbonyl (C=O) groups is 3. The number of aromatic nitrogens is 1. The van der Waals surface area contributed by atoms with E-state index in [-0.39, 0.29) is 30.7 Å². The summed E-state index contributed by atoms with van der Waals surface area (Å²) in [7, 11) is 1.48. The minimum Gasteiger partial charge on any atom is -0.493 e. The highest BCUT2D eigenvalue weighted by Crippen LogP contribution is 2.28. The maximum Gasteiger partial charge on any atom is 0.262 e. The zero-order chi connectivity index (χ0) is 24.0. The Labute approximate surface area is 193 Å². The van der Waals surface area contributed by atoms with E-state index in [9.17, 15) is 14.4 Å². The average Bonchev–Trinajstić information content (AvgIpc) is 3.20. The maximum absolute atomic E-state index is 12.4. The smallest absolute Gasteiger partial charge is 0.262 e. The fraction of sp³-hybridized carbons (Fsp3) is 0.320. The van der Waals surface area contributed by atoms with Crippen molar-refractivity contribution < 1.29 is 23.9 Å². The van der Waals surface area contributed by atoms with E-state index in [2.05, 4.69) is 5.32 Å². The lowest BCUT2D eigenvalue weighted by molar-refractivity contribution is -0.131. The fourth-order valence-corrected chi connectivity index (χ4v) is 3.58. The number of anilines is 1. The van der Waals surface area contributed by atoms with E-state index in [4.69, 9.17) is 9.47 Å². The summed E-state index contributed by atoms with van der Waals surface area (Å²) in [6, 6.07) is 12.3. The summed E-state index contributed by atoms with van der Waals surface area (Å²) >= 11 is 0. The van der Waals surface area contributed by atoms with Gasteiger partial charge in [-0.15, -0.1) is 0 Å².